The molecule has 1 N–H and O–H groups in total. The Morgan fingerprint density at radius 3 is 2.83 bits per heavy atom. The molecule has 1 atom stereocenters. The topological polar surface area (TPSA) is 29.5 Å². The van der Waals surface area contributed by atoms with Crippen molar-refractivity contribution in [2.24, 2.45) is 0 Å². The van der Waals surface area contributed by atoms with Gasteiger partial charge < -0.3 is 9.84 Å². The molecule has 100 valence electrons. The maximum Gasteiger partial charge on any atom is 0.125 e. The van der Waals surface area contributed by atoms with Crippen LogP contribution in [0.25, 0.3) is 0 Å². The largest absolute Gasteiger partial charge is 0.496 e. The van der Waals surface area contributed by atoms with E-state index in [9.17, 15) is 5.11 Å². The van der Waals surface area contributed by atoms with Crippen molar-refractivity contribution in [3.8, 4) is 5.75 Å². The minimum absolute atomic E-state index is 0.447. The molecule has 1 aromatic carbocycles. The second-order valence-electron chi connectivity index (χ2n) is 4.33. The van der Waals surface area contributed by atoms with Gasteiger partial charge in [0, 0.05) is 10.0 Å². The zero-order valence-corrected chi connectivity index (χ0v) is 12.4. The Morgan fingerprint density at radius 2 is 2.17 bits per heavy atom. The molecule has 0 fully saturated rings. The lowest BCUT2D eigenvalue weighted by Crippen LogP contribution is -2.00. The molecule has 0 aromatic heterocycles. The molecule has 0 aliphatic carbocycles. The van der Waals surface area contributed by atoms with Crippen molar-refractivity contribution in [1.82, 2.24) is 0 Å². The van der Waals surface area contributed by atoms with E-state index in [0.717, 1.165) is 47.9 Å². The summed E-state index contributed by atoms with van der Waals surface area (Å²) in [5.74, 6) is 0.739. The average molecular weight is 313 g/mol. The monoisotopic (exact) mass is 312 g/mol. The summed E-state index contributed by atoms with van der Waals surface area (Å²) in [6.07, 6.45) is 6.61. The van der Waals surface area contributed by atoms with E-state index in [0.29, 0.717) is 0 Å². The fourth-order valence-corrected chi connectivity index (χ4v) is 2.26. The van der Waals surface area contributed by atoms with Crippen LogP contribution in [0.4, 0.5) is 0 Å². The number of hydrogen-bond donors (Lipinski definition) is 1. The summed E-state index contributed by atoms with van der Waals surface area (Å²) >= 11 is 3.40. The Kier molecular flexibility index (Phi) is 7.06. The first kappa shape index (κ1) is 15.3. The van der Waals surface area contributed by atoms with Gasteiger partial charge in [0.1, 0.15) is 5.75 Å². The second kappa shape index (κ2) is 8.33. The Labute approximate surface area is 118 Å². The molecule has 1 aromatic rings. The van der Waals surface area contributed by atoms with Crippen LogP contribution < -0.4 is 4.74 Å². The third-order valence-corrected chi connectivity index (χ3v) is 3.43. The Bertz CT molecular complexity index is 377. The standard InChI is InChI=1S/C15H21BrO2/c1-3-4-5-6-7-8-14(17)13-10-9-12(16)11-15(13)18-2/h3,9-11,14,17H,1,4-8H2,2H3. The summed E-state index contributed by atoms with van der Waals surface area (Å²) in [5, 5.41) is 10.2. The molecule has 2 nitrogen and oxygen atoms in total. The van der Waals surface area contributed by atoms with E-state index in [-0.39, 0.29) is 0 Å². The van der Waals surface area contributed by atoms with E-state index in [1.165, 1.54) is 0 Å². The maximum atomic E-state index is 10.2. The van der Waals surface area contributed by atoms with Crippen molar-refractivity contribution in [3.05, 3.63) is 40.9 Å². The Balaban J connectivity index is 2.50. The number of aliphatic hydroxyl groups is 1. The molecule has 0 radical (unpaired) electrons. The number of rotatable bonds is 8. The van der Waals surface area contributed by atoms with Crippen molar-refractivity contribution >= 4 is 15.9 Å². The summed E-state index contributed by atoms with van der Waals surface area (Å²) in [7, 11) is 1.63. The van der Waals surface area contributed by atoms with Gasteiger partial charge in [0.05, 0.1) is 13.2 Å². The number of methoxy groups -OCH3 is 1. The molecule has 0 amide bonds. The van der Waals surface area contributed by atoms with Gasteiger partial charge in [-0.05, 0) is 31.4 Å². The lowest BCUT2D eigenvalue weighted by Gasteiger charge is -2.15. The maximum absolute atomic E-state index is 10.2. The highest BCUT2D eigenvalue weighted by molar-refractivity contribution is 9.10. The van der Waals surface area contributed by atoms with Gasteiger partial charge in [-0.2, -0.15) is 0 Å². The van der Waals surface area contributed by atoms with Crippen LogP contribution in [0, 0.1) is 0 Å². The zero-order valence-electron chi connectivity index (χ0n) is 10.9. The molecule has 0 bridgehead atoms. The molecule has 3 heteroatoms. The molecule has 0 heterocycles. The summed E-state index contributed by atoms with van der Waals surface area (Å²) in [6.45, 7) is 3.70. The number of allylic oxidation sites excluding steroid dienone is 1. The molecule has 18 heavy (non-hydrogen) atoms. The van der Waals surface area contributed by atoms with Gasteiger partial charge in [-0.1, -0.05) is 40.9 Å². The SMILES string of the molecule is C=CCCCCCC(O)c1ccc(Br)cc1OC. The molecule has 0 aliphatic rings. The molecule has 0 spiro atoms. The lowest BCUT2D eigenvalue weighted by atomic mass is 10.0. The van der Waals surface area contributed by atoms with Gasteiger partial charge in [0.25, 0.3) is 0 Å². The summed E-state index contributed by atoms with van der Waals surface area (Å²) in [5.41, 5.74) is 0.865. The van der Waals surface area contributed by atoms with E-state index in [1.54, 1.807) is 7.11 Å². The van der Waals surface area contributed by atoms with Gasteiger partial charge in [-0.15, -0.1) is 6.58 Å². The lowest BCUT2D eigenvalue weighted by molar-refractivity contribution is 0.159. The van der Waals surface area contributed by atoms with Crippen LogP contribution in [-0.4, -0.2) is 12.2 Å². The molecular weight excluding hydrogens is 292 g/mol. The fourth-order valence-electron chi connectivity index (χ4n) is 1.92. The molecule has 1 rings (SSSR count). The Morgan fingerprint density at radius 1 is 1.39 bits per heavy atom. The number of aliphatic hydroxyl groups excluding tert-OH is 1. The normalized spacial score (nSPS) is 12.2. The highest BCUT2D eigenvalue weighted by Crippen LogP contribution is 2.31. The van der Waals surface area contributed by atoms with E-state index in [1.807, 2.05) is 24.3 Å². The van der Waals surface area contributed by atoms with Crippen LogP contribution in [0.1, 0.15) is 43.8 Å². The van der Waals surface area contributed by atoms with Crippen LogP contribution in [0.15, 0.2) is 35.3 Å². The summed E-state index contributed by atoms with van der Waals surface area (Å²) < 4.78 is 6.25. The van der Waals surface area contributed by atoms with Gasteiger partial charge in [0.15, 0.2) is 0 Å². The first-order chi connectivity index (χ1) is 8.69. The molecule has 0 saturated heterocycles. The van der Waals surface area contributed by atoms with E-state index in [2.05, 4.69) is 22.5 Å². The third-order valence-electron chi connectivity index (χ3n) is 2.94. The van der Waals surface area contributed by atoms with E-state index < -0.39 is 6.10 Å². The average Bonchev–Trinajstić information content (AvgIpc) is 2.38. The molecule has 0 aliphatic heterocycles. The van der Waals surface area contributed by atoms with E-state index >= 15 is 0 Å². The highest BCUT2D eigenvalue weighted by Gasteiger charge is 2.13. The van der Waals surface area contributed by atoms with Crippen LogP contribution in [0.2, 0.25) is 0 Å². The number of ether oxygens (including phenoxy) is 1. The quantitative estimate of drug-likeness (QED) is 0.560. The molecular formula is C15H21BrO2. The predicted octanol–water partition coefficient (Wildman–Crippen LogP) is 4.63. The number of halogens is 1. The fraction of sp³-hybridized carbons (Fsp3) is 0.467. The number of benzene rings is 1. The minimum Gasteiger partial charge on any atom is -0.496 e. The van der Waals surface area contributed by atoms with Gasteiger partial charge in [-0.25, -0.2) is 0 Å². The minimum atomic E-state index is -0.447. The van der Waals surface area contributed by atoms with Crippen LogP contribution in [-0.2, 0) is 0 Å². The van der Waals surface area contributed by atoms with Crippen LogP contribution in [0.3, 0.4) is 0 Å². The third kappa shape index (κ3) is 4.83. The predicted molar refractivity (Wildman–Crippen MR) is 78.9 cm³/mol. The van der Waals surface area contributed by atoms with Crippen molar-refractivity contribution in [3.63, 3.8) is 0 Å². The Hall–Kier alpha value is -0.800. The van der Waals surface area contributed by atoms with Gasteiger partial charge in [0.2, 0.25) is 0 Å². The van der Waals surface area contributed by atoms with Gasteiger partial charge in [-0.3, -0.25) is 0 Å². The van der Waals surface area contributed by atoms with Crippen LogP contribution >= 0.6 is 15.9 Å². The van der Waals surface area contributed by atoms with Crippen LogP contribution in [0.5, 0.6) is 5.75 Å². The van der Waals surface area contributed by atoms with Gasteiger partial charge >= 0.3 is 0 Å². The summed E-state index contributed by atoms with van der Waals surface area (Å²) in [6, 6.07) is 5.73. The first-order valence-electron chi connectivity index (χ1n) is 6.31. The number of hydrogen-bond acceptors (Lipinski definition) is 2. The van der Waals surface area contributed by atoms with Crippen molar-refractivity contribution < 1.29 is 9.84 Å². The number of unbranched alkanes of at least 4 members (excludes halogenated alkanes) is 3. The van der Waals surface area contributed by atoms with Crippen molar-refractivity contribution in [2.75, 3.05) is 7.11 Å². The zero-order chi connectivity index (χ0) is 13.4. The summed E-state index contributed by atoms with van der Waals surface area (Å²) in [4.78, 5) is 0. The molecule has 0 saturated carbocycles. The van der Waals surface area contributed by atoms with Crippen molar-refractivity contribution in [1.29, 1.82) is 0 Å². The smallest absolute Gasteiger partial charge is 0.125 e. The first-order valence-corrected chi connectivity index (χ1v) is 7.10. The second-order valence-corrected chi connectivity index (χ2v) is 5.24. The molecule has 1 unspecified atom stereocenters. The highest BCUT2D eigenvalue weighted by atomic mass is 79.9. The van der Waals surface area contributed by atoms with Crippen molar-refractivity contribution in [2.45, 2.75) is 38.2 Å². The van der Waals surface area contributed by atoms with E-state index in [4.69, 9.17) is 4.74 Å².